The Bertz CT molecular complexity index is 2960. The van der Waals surface area contributed by atoms with Crippen LogP contribution in [0.1, 0.15) is 19.2 Å². The Balaban J connectivity index is 1.58. The van der Waals surface area contributed by atoms with Crippen molar-refractivity contribution in [3.05, 3.63) is 157 Å². The average Bonchev–Trinajstić information content (AvgIpc) is 3.14. The molecular formula is C40H26. The average molecular weight is 521 g/mol. The van der Waals surface area contributed by atoms with E-state index < -0.39 is 36.3 Å². The van der Waals surface area contributed by atoms with Crippen molar-refractivity contribution in [2.45, 2.75) is 0 Å². The molecule has 0 aliphatic heterocycles. The zero-order chi connectivity index (χ0) is 38.7. The molecule has 8 aromatic rings. The van der Waals surface area contributed by atoms with Gasteiger partial charge >= 0.3 is 0 Å². The van der Waals surface area contributed by atoms with E-state index in [-0.39, 0.29) is 86.6 Å². The first kappa shape index (κ1) is 12.8. The summed E-state index contributed by atoms with van der Waals surface area (Å²) in [5.41, 5.74) is 1.34. The second kappa shape index (κ2) is 9.22. The normalized spacial score (nSPS) is 16.4. The van der Waals surface area contributed by atoms with Crippen molar-refractivity contribution in [1.82, 2.24) is 0 Å². The smallest absolute Gasteiger partial charge is 0.0622 e. The molecule has 0 saturated heterocycles. The van der Waals surface area contributed by atoms with Gasteiger partial charge in [-0.15, -0.1) is 0 Å². The Morgan fingerprint density at radius 1 is 0.350 bits per heavy atom. The number of hydrogen-bond donors (Lipinski definition) is 0. The lowest BCUT2D eigenvalue weighted by molar-refractivity contribution is 1.65. The van der Waals surface area contributed by atoms with Gasteiger partial charge in [0.05, 0.1) is 19.2 Å². The summed E-state index contributed by atoms with van der Waals surface area (Å²) in [4.78, 5) is 0. The molecule has 0 aliphatic carbocycles. The molecule has 0 radical (unpaired) electrons. The van der Waals surface area contributed by atoms with E-state index in [1.165, 1.54) is 6.07 Å². The van der Waals surface area contributed by atoms with E-state index in [9.17, 15) is 4.11 Å². The van der Waals surface area contributed by atoms with Crippen LogP contribution in [0.25, 0.3) is 76.5 Å². The monoisotopic (exact) mass is 520 g/mol. The number of fused-ring (bicyclic) bond motifs is 4. The molecule has 0 aromatic heterocycles. The summed E-state index contributed by atoms with van der Waals surface area (Å²) in [5.74, 6) is 0. The van der Waals surface area contributed by atoms with E-state index in [0.717, 1.165) is 6.07 Å². The predicted molar refractivity (Wildman–Crippen MR) is 173 cm³/mol. The summed E-state index contributed by atoms with van der Waals surface area (Å²) in [6.07, 6.45) is 0. The zero-order valence-electron chi connectivity index (χ0n) is 34.9. The second-order valence-corrected chi connectivity index (χ2v) is 9.41. The summed E-state index contributed by atoms with van der Waals surface area (Å²) in [6.45, 7) is 0. The van der Waals surface area contributed by atoms with E-state index >= 15 is 0 Å². The first-order valence-electron chi connectivity index (χ1n) is 19.7. The van der Waals surface area contributed by atoms with Gasteiger partial charge in [0.1, 0.15) is 0 Å². The maximum absolute atomic E-state index is 9.26. The van der Waals surface area contributed by atoms with Gasteiger partial charge in [-0.25, -0.2) is 0 Å². The standard InChI is InChI=1S/C40H26/c1-2-13-28(14-3-1)39-35-16-6-8-18-37(35)40(38-19-9-7-17-36(38)39)34-23-11-21-32-31(20-10-22-33(32)34)30-25-24-27-12-4-5-15-29(27)26-30/h1-26H/i1D,2D,3D,4D,5D,6D,9D,13D,14D,16D,17D,18D,19D,25D. The molecule has 0 aliphatic rings. The fraction of sp³-hybridized carbons (Fsp3) is 0. The highest BCUT2D eigenvalue weighted by Gasteiger charge is 2.18. The lowest BCUT2D eigenvalue weighted by Crippen LogP contribution is -1.92. The Morgan fingerprint density at radius 2 is 0.975 bits per heavy atom. The maximum atomic E-state index is 9.26. The zero-order valence-corrected chi connectivity index (χ0v) is 20.9. The molecular weight excluding hydrogens is 480 g/mol. The molecule has 0 heteroatoms. The second-order valence-electron chi connectivity index (χ2n) is 9.41. The first-order chi connectivity index (χ1) is 25.6. The van der Waals surface area contributed by atoms with E-state index in [1.54, 1.807) is 42.5 Å². The van der Waals surface area contributed by atoms with Crippen molar-refractivity contribution in [1.29, 1.82) is 0 Å². The highest BCUT2D eigenvalue weighted by molar-refractivity contribution is 6.24. The van der Waals surface area contributed by atoms with Crippen LogP contribution in [-0.4, -0.2) is 0 Å². The van der Waals surface area contributed by atoms with Crippen LogP contribution in [-0.2, 0) is 0 Å². The van der Waals surface area contributed by atoms with Crippen LogP contribution < -0.4 is 0 Å². The van der Waals surface area contributed by atoms with E-state index in [0.29, 0.717) is 38.2 Å². The number of hydrogen-bond acceptors (Lipinski definition) is 0. The molecule has 8 rings (SSSR count). The minimum Gasteiger partial charge on any atom is -0.0622 e. The van der Waals surface area contributed by atoms with Crippen molar-refractivity contribution in [3.8, 4) is 33.4 Å². The molecule has 0 atom stereocenters. The van der Waals surface area contributed by atoms with Crippen LogP contribution >= 0.6 is 0 Å². The predicted octanol–water partition coefficient (Wildman–Crippen LogP) is 11.3. The third-order valence-electron chi connectivity index (χ3n) is 7.26. The molecule has 40 heavy (non-hydrogen) atoms. The van der Waals surface area contributed by atoms with E-state index in [1.807, 2.05) is 18.2 Å². The van der Waals surface area contributed by atoms with Gasteiger partial charge in [-0.2, -0.15) is 0 Å². The van der Waals surface area contributed by atoms with Crippen LogP contribution in [0.5, 0.6) is 0 Å². The van der Waals surface area contributed by atoms with E-state index in [4.69, 9.17) is 15.1 Å². The minimum atomic E-state index is -0.658. The summed E-state index contributed by atoms with van der Waals surface area (Å²) in [5, 5.41) is 2.46. The van der Waals surface area contributed by atoms with Crippen molar-refractivity contribution >= 4 is 43.1 Å². The van der Waals surface area contributed by atoms with Crippen LogP contribution in [0.4, 0.5) is 0 Å². The van der Waals surface area contributed by atoms with E-state index in [2.05, 4.69) is 0 Å². The van der Waals surface area contributed by atoms with Crippen molar-refractivity contribution in [2.75, 3.05) is 0 Å². The summed E-state index contributed by atoms with van der Waals surface area (Å²) >= 11 is 0. The van der Waals surface area contributed by atoms with Gasteiger partial charge in [0.15, 0.2) is 0 Å². The summed E-state index contributed by atoms with van der Waals surface area (Å²) < 4.78 is 122. The fourth-order valence-electron chi connectivity index (χ4n) is 5.54. The van der Waals surface area contributed by atoms with Gasteiger partial charge in [0.25, 0.3) is 0 Å². The molecule has 0 N–H and O–H groups in total. The quantitative estimate of drug-likeness (QED) is 0.203. The van der Waals surface area contributed by atoms with Gasteiger partial charge in [0, 0.05) is 0 Å². The Labute approximate surface area is 253 Å². The van der Waals surface area contributed by atoms with Crippen LogP contribution in [0, 0.1) is 0 Å². The first-order valence-corrected chi connectivity index (χ1v) is 12.7. The highest BCUT2D eigenvalue weighted by Crippen LogP contribution is 2.46. The summed E-state index contributed by atoms with van der Waals surface area (Å²) in [6, 6.07) is 14.7. The van der Waals surface area contributed by atoms with Crippen molar-refractivity contribution in [2.24, 2.45) is 0 Å². The third-order valence-corrected chi connectivity index (χ3v) is 7.26. The van der Waals surface area contributed by atoms with Crippen LogP contribution in [0.3, 0.4) is 0 Å². The maximum Gasteiger partial charge on any atom is 0.0629 e. The lowest BCUT2D eigenvalue weighted by atomic mass is 9.84. The Hall–Kier alpha value is -5.20. The molecule has 0 saturated carbocycles. The molecule has 0 bridgehead atoms. The molecule has 0 nitrogen and oxygen atoms in total. The lowest BCUT2D eigenvalue weighted by Gasteiger charge is -2.19. The molecule has 0 fully saturated rings. The summed E-state index contributed by atoms with van der Waals surface area (Å²) in [7, 11) is 0. The molecule has 0 amide bonds. The van der Waals surface area contributed by atoms with Gasteiger partial charge in [0.2, 0.25) is 0 Å². The molecule has 186 valence electrons. The molecule has 0 heterocycles. The van der Waals surface area contributed by atoms with Crippen LogP contribution in [0.15, 0.2) is 157 Å². The fourth-order valence-corrected chi connectivity index (χ4v) is 5.54. The molecule has 0 spiro atoms. The van der Waals surface area contributed by atoms with Crippen molar-refractivity contribution in [3.63, 3.8) is 0 Å². The SMILES string of the molecule is [2H]c1cc2cc([2H])c(-c3cccc4c(-c5c6c([2H])cc([2H])c([2H])c6c(-c6c([2H])c([2H])c([2H])c([2H])c6[2H])c6c([2H])cc([2H])c([2H])c56)cccc34)cc2cc1[2H]. The van der Waals surface area contributed by atoms with Gasteiger partial charge in [-0.1, -0.05) is 151 Å². The number of benzene rings is 8. The highest BCUT2D eigenvalue weighted by atomic mass is 14.2. The number of rotatable bonds is 3. The molecule has 8 aromatic carbocycles. The minimum absolute atomic E-state index is 0.00593. The molecule has 0 unspecified atom stereocenters. The van der Waals surface area contributed by atoms with Gasteiger partial charge < -0.3 is 0 Å². The Morgan fingerprint density at radius 3 is 1.75 bits per heavy atom. The third kappa shape index (κ3) is 3.54. The largest absolute Gasteiger partial charge is 0.0629 e. The topological polar surface area (TPSA) is 0 Å². The van der Waals surface area contributed by atoms with Gasteiger partial charge in [-0.3, -0.25) is 0 Å². The van der Waals surface area contributed by atoms with Crippen molar-refractivity contribution < 1.29 is 19.2 Å². The Kier molecular flexibility index (Phi) is 2.94. The van der Waals surface area contributed by atoms with Gasteiger partial charge in [-0.05, 0) is 82.5 Å². The van der Waals surface area contributed by atoms with Crippen LogP contribution in [0.2, 0.25) is 0 Å².